The Labute approximate surface area is 124 Å². The Balaban J connectivity index is 2.06. The van der Waals surface area contributed by atoms with Crippen LogP contribution in [0.5, 0.6) is 0 Å². The van der Waals surface area contributed by atoms with Gasteiger partial charge in [0.15, 0.2) is 9.84 Å². The number of carbonyl (C=O) groups excluding carboxylic acids is 1. The van der Waals surface area contributed by atoms with E-state index in [-0.39, 0.29) is 23.5 Å². The molecule has 1 N–H and O–H groups in total. The third kappa shape index (κ3) is 3.36. The van der Waals surface area contributed by atoms with Gasteiger partial charge in [-0.1, -0.05) is 11.6 Å². The van der Waals surface area contributed by atoms with Crippen molar-refractivity contribution in [1.29, 1.82) is 0 Å². The number of rotatable bonds is 2. The zero-order chi connectivity index (χ0) is 13.3. The van der Waals surface area contributed by atoms with E-state index in [1.165, 1.54) is 0 Å². The summed E-state index contributed by atoms with van der Waals surface area (Å²) in [6.45, 7) is 0. The van der Waals surface area contributed by atoms with Crippen molar-refractivity contribution in [2.75, 3.05) is 11.5 Å². The average Bonchev–Trinajstić information content (AvgIpc) is 2.62. The molecule has 7 heteroatoms. The van der Waals surface area contributed by atoms with Gasteiger partial charge in [0.05, 0.1) is 16.5 Å². The van der Waals surface area contributed by atoms with Crippen LogP contribution in [0.25, 0.3) is 0 Å². The van der Waals surface area contributed by atoms with Crippen LogP contribution >= 0.6 is 34.2 Å². The van der Waals surface area contributed by atoms with E-state index in [9.17, 15) is 13.2 Å². The van der Waals surface area contributed by atoms with Gasteiger partial charge < -0.3 is 5.32 Å². The second kappa shape index (κ2) is 5.34. The number of carbonyl (C=O) groups is 1. The third-order valence-electron chi connectivity index (χ3n) is 2.75. The number of sulfone groups is 1. The number of amides is 1. The fraction of sp³-hybridized carbons (Fsp3) is 0.364. The van der Waals surface area contributed by atoms with Gasteiger partial charge in [-0.2, -0.15) is 0 Å². The molecule has 1 fully saturated rings. The quantitative estimate of drug-likeness (QED) is 0.772. The molecule has 1 aromatic rings. The Hall–Kier alpha value is -0.340. The lowest BCUT2D eigenvalue weighted by Gasteiger charge is -2.11. The molecule has 1 atom stereocenters. The predicted octanol–water partition coefficient (Wildman–Crippen LogP) is 1.86. The molecule has 0 aromatic heterocycles. The average molecular weight is 400 g/mol. The Morgan fingerprint density at radius 2 is 2.17 bits per heavy atom. The number of benzene rings is 1. The molecule has 1 saturated heterocycles. The molecule has 1 amide bonds. The first-order chi connectivity index (χ1) is 8.37. The van der Waals surface area contributed by atoms with Crippen LogP contribution in [0.3, 0.4) is 0 Å². The first kappa shape index (κ1) is 14.1. The van der Waals surface area contributed by atoms with Crippen LogP contribution in [-0.2, 0) is 9.84 Å². The summed E-state index contributed by atoms with van der Waals surface area (Å²) in [6, 6.07) is 4.69. The van der Waals surface area contributed by atoms with Gasteiger partial charge in [-0.3, -0.25) is 4.79 Å². The normalized spacial score (nSPS) is 21.8. The molecule has 98 valence electrons. The Kier molecular flexibility index (Phi) is 4.18. The second-order valence-corrected chi connectivity index (χ2v) is 8.00. The fourth-order valence-corrected chi connectivity index (χ4v) is 4.12. The summed E-state index contributed by atoms with van der Waals surface area (Å²) < 4.78 is 23.4. The standard InChI is InChI=1S/C11H11ClINO3S/c12-9-2-1-7(5-10(9)13)11(15)14-8-3-4-18(16,17)6-8/h1-2,5,8H,3-4,6H2,(H,14,15). The lowest BCUT2D eigenvalue weighted by atomic mass is 10.2. The van der Waals surface area contributed by atoms with Gasteiger partial charge >= 0.3 is 0 Å². The van der Waals surface area contributed by atoms with Gasteiger partial charge in [-0.25, -0.2) is 8.42 Å². The minimum atomic E-state index is -2.98. The first-order valence-corrected chi connectivity index (χ1v) is 8.61. The van der Waals surface area contributed by atoms with E-state index in [1.54, 1.807) is 18.2 Å². The van der Waals surface area contributed by atoms with E-state index in [4.69, 9.17) is 11.6 Å². The van der Waals surface area contributed by atoms with E-state index in [2.05, 4.69) is 5.32 Å². The van der Waals surface area contributed by atoms with Crippen LogP contribution in [-0.4, -0.2) is 31.9 Å². The highest BCUT2D eigenvalue weighted by molar-refractivity contribution is 14.1. The Morgan fingerprint density at radius 3 is 2.72 bits per heavy atom. The summed E-state index contributed by atoms with van der Waals surface area (Å²) in [7, 11) is -2.98. The van der Waals surface area contributed by atoms with Crippen LogP contribution < -0.4 is 5.32 Å². The van der Waals surface area contributed by atoms with E-state index in [1.807, 2.05) is 22.6 Å². The fourth-order valence-electron chi connectivity index (χ4n) is 1.81. The number of nitrogens with one attached hydrogen (secondary N) is 1. The van der Waals surface area contributed by atoms with Crippen molar-refractivity contribution in [2.24, 2.45) is 0 Å². The molecule has 1 heterocycles. The number of hydrogen-bond acceptors (Lipinski definition) is 3. The zero-order valence-corrected chi connectivity index (χ0v) is 13.0. The minimum Gasteiger partial charge on any atom is -0.348 e. The SMILES string of the molecule is O=C(NC1CCS(=O)(=O)C1)c1ccc(Cl)c(I)c1. The van der Waals surface area contributed by atoms with Gasteiger partial charge in [-0.05, 0) is 47.2 Å². The molecule has 18 heavy (non-hydrogen) atoms. The smallest absolute Gasteiger partial charge is 0.251 e. The summed E-state index contributed by atoms with van der Waals surface area (Å²) in [4.78, 5) is 11.9. The third-order valence-corrected chi connectivity index (χ3v) is 6.06. The predicted molar refractivity (Wildman–Crippen MR) is 78.7 cm³/mol. The van der Waals surface area contributed by atoms with Crippen LogP contribution in [0.15, 0.2) is 18.2 Å². The van der Waals surface area contributed by atoms with E-state index in [0.29, 0.717) is 17.0 Å². The number of halogens is 2. The maximum atomic E-state index is 11.9. The molecule has 4 nitrogen and oxygen atoms in total. The lowest BCUT2D eigenvalue weighted by Crippen LogP contribution is -2.35. The zero-order valence-electron chi connectivity index (χ0n) is 9.32. The summed E-state index contributed by atoms with van der Waals surface area (Å²) in [5.74, 6) is -0.0776. The Morgan fingerprint density at radius 1 is 1.44 bits per heavy atom. The molecule has 2 rings (SSSR count). The van der Waals surface area contributed by atoms with Crippen molar-refractivity contribution < 1.29 is 13.2 Å². The first-order valence-electron chi connectivity index (χ1n) is 5.34. The molecule has 1 aliphatic rings. The monoisotopic (exact) mass is 399 g/mol. The van der Waals surface area contributed by atoms with Gasteiger partial charge in [0.1, 0.15) is 0 Å². The van der Waals surface area contributed by atoms with Gasteiger partial charge in [0, 0.05) is 15.2 Å². The highest BCUT2D eigenvalue weighted by Crippen LogP contribution is 2.20. The maximum Gasteiger partial charge on any atom is 0.251 e. The maximum absolute atomic E-state index is 11.9. The summed E-state index contributed by atoms with van der Waals surface area (Å²) in [5, 5.41) is 3.33. The van der Waals surface area contributed by atoms with Crippen molar-refractivity contribution in [2.45, 2.75) is 12.5 Å². The Bertz CT molecular complexity index is 588. The van der Waals surface area contributed by atoms with Crippen molar-refractivity contribution in [3.05, 3.63) is 32.4 Å². The topological polar surface area (TPSA) is 63.2 Å². The van der Waals surface area contributed by atoms with Crippen LogP contribution in [0.1, 0.15) is 16.8 Å². The minimum absolute atomic E-state index is 0.0312. The second-order valence-electron chi connectivity index (χ2n) is 4.20. The van der Waals surface area contributed by atoms with Crippen molar-refractivity contribution in [3.8, 4) is 0 Å². The van der Waals surface area contributed by atoms with E-state index >= 15 is 0 Å². The summed E-state index contributed by atoms with van der Waals surface area (Å²) >= 11 is 7.92. The molecule has 0 saturated carbocycles. The number of hydrogen-bond donors (Lipinski definition) is 1. The summed E-state index contributed by atoms with van der Waals surface area (Å²) in [6.07, 6.45) is 0.485. The molecular weight excluding hydrogens is 389 g/mol. The molecule has 0 bridgehead atoms. The summed E-state index contributed by atoms with van der Waals surface area (Å²) in [5.41, 5.74) is 0.494. The van der Waals surface area contributed by atoms with E-state index in [0.717, 1.165) is 3.57 Å². The molecule has 1 aliphatic heterocycles. The van der Waals surface area contributed by atoms with Crippen LogP contribution in [0.4, 0.5) is 0 Å². The molecule has 0 spiro atoms. The van der Waals surface area contributed by atoms with Gasteiger partial charge in [-0.15, -0.1) is 0 Å². The molecule has 1 aromatic carbocycles. The van der Waals surface area contributed by atoms with Crippen molar-refractivity contribution in [1.82, 2.24) is 5.32 Å². The van der Waals surface area contributed by atoms with Gasteiger partial charge in [0.25, 0.3) is 5.91 Å². The van der Waals surface area contributed by atoms with Crippen molar-refractivity contribution in [3.63, 3.8) is 0 Å². The largest absolute Gasteiger partial charge is 0.348 e. The lowest BCUT2D eigenvalue weighted by molar-refractivity contribution is 0.0941. The van der Waals surface area contributed by atoms with Crippen LogP contribution in [0, 0.1) is 3.57 Å². The van der Waals surface area contributed by atoms with Crippen molar-refractivity contribution >= 4 is 49.9 Å². The molecule has 1 unspecified atom stereocenters. The molecule has 0 aliphatic carbocycles. The molecule has 0 radical (unpaired) electrons. The van der Waals surface area contributed by atoms with Gasteiger partial charge in [0.2, 0.25) is 0 Å². The highest BCUT2D eigenvalue weighted by Gasteiger charge is 2.29. The van der Waals surface area contributed by atoms with E-state index < -0.39 is 9.84 Å². The highest BCUT2D eigenvalue weighted by atomic mass is 127. The molecular formula is C11H11ClINO3S. The van der Waals surface area contributed by atoms with Crippen LogP contribution in [0.2, 0.25) is 5.02 Å².